The fraction of sp³-hybridized carbons (Fsp3) is 0.421. The molecule has 1 aromatic heterocycles. The van der Waals surface area contributed by atoms with Gasteiger partial charge in [-0.1, -0.05) is 6.07 Å². The van der Waals surface area contributed by atoms with Gasteiger partial charge in [-0.05, 0) is 50.6 Å². The third-order valence-corrected chi connectivity index (χ3v) is 4.00. The maximum Gasteiger partial charge on any atom is 0.416 e. The summed E-state index contributed by atoms with van der Waals surface area (Å²) in [5.74, 6) is 0.247. The van der Waals surface area contributed by atoms with Gasteiger partial charge in [-0.3, -0.25) is 0 Å². The molecule has 0 bridgehead atoms. The van der Waals surface area contributed by atoms with Gasteiger partial charge in [-0.25, -0.2) is 9.38 Å². The minimum atomic E-state index is -4.68. The van der Waals surface area contributed by atoms with Crippen molar-refractivity contribution < 1.29 is 27.1 Å². The molecule has 2 aromatic rings. The lowest BCUT2D eigenvalue weighted by molar-refractivity contribution is -0.138. The molecule has 0 aliphatic rings. The number of nitrogens with zero attached hydrogens (tertiary/aromatic N) is 1. The summed E-state index contributed by atoms with van der Waals surface area (Å²) in [7, 11) is 0. The van der Waals surface area contributed by atoms with Crippen LogP contribution in [0, 0.1) is 12.7 Å². The summed E-state index contributed by atoms with van der Waals surface area (Å²) in [6, 6.07) is 5.85. The van der Waals surface area contributed by atoms with Gasteiger partial charge in [-0.15, -0.1) is 24.0 Å². The van der Waals surface area contributed by atoms with E-state index in [9.17, 15) is 22.7 Å². The number of aliphatic hydroxyl groups is 1. The standard InChI is InChI=1S/C19H23F4N3O2.HI/c1-4-24-17(26-11-18(3,27)16-8-5-12(2)28-16)25-10-13-6-7-14(20)9-15(13)19(21,22)23;/h5-9,27H,4,10-11H2,1-3H3,(H2,24,25,26);1H. The molecule has 10 heteroatoms. The van der Waals surface area contributed by atoms with Gasteiger partial charge in [-0.2, -0.15) is 13.2 Å². The number of guanidine groups is 1. The number of alkyl halides is 3. The Morgan fingerprint density at radius 3 is 2.41 bits per heavy atom. The van der Waals surface area contributed by atoms with Crippen LogP contribution in [0.1, 0.15) is 36.5 Å². The van der Waals surface area contributed by atoms with Gasteiger partial charge in [0.15, 0.2) is 5.96 Å². The molecule has 1 atom stereocenters. The third-order valence-electron chi connectivity index (χ3n) is 4.00. The topological polar surface area (TPSA) is 69.8 Å². The van der Waals surface area contributed by atoms with Crippen LogP contribution >= 0.6 is 24.0 Å². The number of aliphatic imine (C=N–C) groups is 1. The Hall–Kier alpha value is -1.82. The van der Waals surface area contributed by atoms with Crippen molar-refractivity contribution >= 4 is 29.9 Å². The largest absolute Gasteiger partial charge is 0.463 e. The molecule has 0 fully saturated rings. The maximum absolute atomic E-state index is 13.2. The normalized spacial score (nSPS) is 14.1. The quantitative estimate of drug-likeness (QED) is 0.226. The van der Waals surface area contributed by atoms with Crippen LogP contribution in [0.4, 0.5) is 17.6 Å². The Morgan fingerprint density at radius 1 is 1.17 bits per heavy atom. The van der Waals surface area contributed by atoms with E-state index in [1.807, 2.05) is 0 Å². The van der Waals surface area contributed by atoms with Gasteiger partial charge in [0.1, 0.15) is 22.9 Å². The average Bonchev–Trinajstić information content (AvgIpc) is 3.05. The maximum atomic E-state index is 13.2. The average molecular weight is 529 g/mol. The molecular weight excluding hydrogens is 505 g/mol. The summed E-state index contributed by atoms with van der Waals surface area (Å²) < 4.78 is 58.0. The minimum Gasteiger partial charge on any atom is -0.463 e. The molecule has 162 valence electrons. The number of nitrogens with one attached hydrogen (secondary N) is 2. The van der Waals surface area contributed by atoms with Crippen LogP contribution in [0.2, 0.25) is 0 Å². The molecule has 3 N–H and O–H groups in total. The number of benzene rings is 1. The molecule has 0 saturated heterocycles. The van der Waals surface area contributed by atoms with E-state index in [0.29, 0.717) is 24.1 Å². The number of halogens is 5. The fourth-order valence-corrected chi connectivity index (χ4v) is 2.52. The first-order valence-electron chi connectivity index (χ1n) is 8.70. The lowest BCUT2D eigenvalue weighted by Gasteiger charge is -2.23. The first-order valence-corrected chi connectivity index (χ1v) is 8.70. The fourth-order valence-electron chi connectivity index (χ4n) is 2.52. The van der Waals surface area contributed by atoms with Gasteiger partial charge in [0.25, 0.3) is 0 Å². The monoisotopic (exact) mass is 529 g/mol. The number of furan rings is 1. The summed E-state index contributed by atoms with van der Waals surface area (Å²) in [5, 5.41) is 16.3. The third kappa shape index (κ3) is 7.18. The van der Waals surface area contributed by atoms with E-state index in [4.69, 9.17) is 4.42 Å². The van der Waals surface area contributed by atoms with E-state index in [2.05, 4.69) is 15.6 Å². The van der Waals surface area contributed by atoms with E-state index in [1.165, 1.54) is 0 Å². The van der Waals surface area contributed by atoms with Crippen molar-refractivity contribution in [1.82, 2.24) is 10.6 Å². The van der Waals surface area contributed by atoms with Crippen LogP contribution in [-0.4, -0.2) is 24.2 Å². The van der Waals surface area contributed by atoms with Crippen LogP contribution in [-0.2, 0) is 18.3 Å². The highest BCUT2D eigenvalue weighted by molar-refractivity contribution is 14.0. The van der Waals surface area contributed by atoms with E-state index in [1.54, 1.807) is 32.9 Å². The molecule has 1 unspecified atom stereocenters. The molecule has 0 saturated carbocycles. The second-order valence-corrected chi connectivity index (χ2v) is 6.53. The van der Waals surface area contributed by atoms with Crippen LogP contribution in [0.25, 0.3) is 0 Å². The number of hydrogen-bond donors (Lipinski definition) is 3. The molecule has 29 heavy (non-hydrogen) atoms. The summed E-state index contributed by atoms with van der Waals surface area (Å²) in [5.41, 5.74) is -2.57. The SMILES string of the molecule is CCNC(=NCc1ccc(F)cc1C(F)(F)F)NCC(C)(O)c1ccc(C)o1.I. The van der Waals surface area contributed by atoms with E-state index in [-0.39, 0.29) is 48.6 Å². The van der Waals surface area contributed by atoms with Crippen molar-refractivity contribution in [2.24, 2.45) is 4.99 Å². The first-order chi connectivity index (χ1) is 13.0. The van der Waals surface area contributed by atoms with Gasteiger partial charge >= 0.3 is 6.18 Å². The molecule has 1 heterocycles. The second-order valence-electron chi connectivity index (χ2n) is 6.53. The Kier molecular flexibility index (Phi) is 8.94. The van der Waals surface area contributed by atoms with Crippen LogP contribution in [0.3, 0.4) is 0 Å². The molecule has 1 aromatic carbocycles. The predicted octanol–water partition coefficient (Wildman–Crippen LogP) is 4.33. The van der Waals surface area contributed by atoms with Crippen molar-refractivity contribution in [3.8, 4) is 0 Å². The highest BCUT2D eigenvalue weighted by Gasteiger charge is 2.33. The molecule has 5 nitrogen and oxygen atoms in total. The number of rotatable bonds is 6. The number of hydrogen-bond acceptors (Lipinski definition) is 3. The summed E-state index contributed by atoms with van der Waals surface area (Å²) >= 11 is 0. The van der Waals surface area contributed by atoms with E-state index >= 15 is 0 Å². The highest BCUT2D eigenvalue weighted by atomic mass is 127. The Morgan fingerprint density at radius 2 is 1.86 bits per heavy atom. The molecule has 0 amide bonds. The van der Waals surface area contributed by atoms with Gasteiger partial charge < -0.3 is 20.2 Å². The van der Waals surface area contributed by atoms with Crippen molar-refractivity contribution in [3.05, 3.63) is 58.8 Å². The molecular formula is C19H24F4IN3O2. The first kappa shape index (κ1) is 25.2. The Labute approximate surface area is 183 Å². The predicted molar refractivity (Wildman–Crippen MR) is 113 cm³/mol. The molecule has 0 spiro atoms. The molecule has 0 radical (unpaired) electrons. The molecule has 2 rings (SSSR count). The zero-order chi connectivity index (χ0) is 20.9. The second kappa shape index (κ2) is 10.3. The molecule has 0 aliphatic heterocycles. The van der Waals surface area contributed by atoms with Crippen molar-refractivity contribution in [3.63, 3.8) is 0 Å². The van der Waals surface area contributed by atoms with Gasteiger partial charge in [0.05, 0.1) is 18.7 Å². The van der Waals surface area contributed by atoms with Crippen LogP contribution < -0.4 is 10.6 Å². The highest BCUT2D eigenvalue weighted by Crippen LogP contribution is 2.32. The summed E-state index contributed by atoms with van der Waals surface area (Å²) in [4.78, 5) is 4.12. The van der Waals surface area contributed by atoms with Crippen LogP contribution in [0.5, 0.6) is 0 Å². The number of aryl methyl sites for hydroxylation is 1. The lowest BCUT2D eigenvalue weighted by Crippen LogP contribution is -2.44. The lowest BCUT2D eigenvalue weighted by atomic mass is 10.0. The Bertz CT molecular complexity index is 835. The van der Waals surface area contributed by atoms with Gasteiger partial charge in [0, 0.05) is 6.54 Å². The van der Waals surface area contributed by atoms with E-state index < -0.39 is 23.2 Å². The summed E-state index contributed by atoms with van der Waals surface area (Å²) in [6.07, 6.45) is -4.68. The van der Waals surface area contributed by atoms with Crippen molar-refractivity contribution in [2.75, 3.05) is 13.1 Å². The zero-order valence-corrected chi connectivity index (χ0v) is 18.6. The Balaban J connectivity index is 0.00000420. The smallest absolute Gasteiger partial charge is 0.416 e. The minimum absolute atomic E-state index is 0. The molecule has 0 aliphatic carbocycles. The van der Waals surface area contributed by atoms with Crippen molar-refractivity contribution in [2.45, 2.75) is 39.1 Å². The van der Waals surface area contributed by atoms with E-state index in [0.717, 1.165) is 12.1 Å². The van der Waals surface area contributed by atoms with Crippen molar-refractivity contribution in [1.29, 1.82) is 0 Å². The summed E-state index contributed by atoms with van der Waals surface area (Å²) in [6.45, 7) is 5.25. The van der Waals surface area contributed by atoms with Crippen LogP contribution in [0.15, 0.2) is 39.7 Å². The van der Waals surface area contributed by atoms with Gasteiger partial charge in [0.2, 0.25) is 0 Å². The zero-order valence-electron chi connectivity index (χ0n) is 16.2.